The lowest BCUT2D eigenvalue weighted by atomic mass is 9.97. The number of nitro groups is 3. The highest BCUT2D eigenvalue weighted by molar-refractivity contribution is 5.71. The van der Waals surface area contributed by atoms with E-state index in [2.05, 4.69) is 77.1 Å². The van der Waals surface area contributed by atoms with Crippen molar-refractivity contribution in [3.8, 4) is 47.0 Å². The Bertz CT molecular complexity index is 2230. The smallest absolute Gasteiger partial charge is 0.269 e. The van der Waals surface area contributed by atoms with Crippen LogP contribution in [-0.2, 0) is 0 Å². The number of hydrogen-bond donors (Lipinski definition) is 0. The molecule has 0 saturated carbocycles. The first-order valence-corrected chi connectivity index (χ1v) is 21.1. The van der Waals surface area contributed by atoms with Gasteiger partial charge in [0.1, 0.15) is 16.7 Å². The summed E-state index contributed by atoms with van der Waals surface area (Å²) in [6.07, 6.45) is 7.57. The summed E-state index contributed by atoms with van der Waals surface area (Å²) in [7, 11) is 0. The summed E-state index contributed by atoms with van der Waals surface area (Å²) in [5, 5.41) is 34.1. The lowest BCUT2D eigenvalue weighted by Gasteiger charge is -2.20. The number of non-ortho nitro benzene ring substituents is 3. The molecule has 2 atom stereocenters. The van der Waals surface area contributed by atoms with E-state index in [9.17, 15) is 30.3 Å². The van der Waals surface area contributed by atoms with E-state index >= 15 is 4.39 Å². The van der Waals surface area contributed by atoms with Crippen LogP contribution in [0.4, 0.5) is 21.5 Å². The maximum Gasteiger partial charge on any atom is 0.269 e. The Morgan fingerprint density at radius 2 is 0.774 bits per heavy atom. The molecule has 324 valence electrons. The fraction of sp³-hybridized carbons (Fsp3) is 0.400. The van der Waals surface area contributed by atoms with E-state index in [0.717, 1.165) is 38.5 Å². The maximum atomic E-state index is 17.4. The Hall–Kier alpha value is -6.71. The second-order valence-electron chi connectivity index (χ2n) is 16.4. The molecule has 4 aromatic rings. The van der Waals surface area contributed by atoms with E-state index in [1.54, 1.807) is 0 Å². The highest BCUT2D eigenvalue weighted by Gasteiger charge is 2.26. The van der Waals surface area contributed by atoms with E-state index < -0.39 is 20.6 Å². The van der Waals surface area contributed by atoms with Gasteiger partial charge in [0.25, 0.3) is 17.1 Å². The van der Waals surface area contributed by atoms with Crippen LogP contribution >= 0.6 is 0 Å². The molecule has 0 aromatic heterocycles. The highest BCUT2D eigenvalue weighted by Crippen LogP contribution is 2.39. The number of ether oxygens (including phenoxy) is 2. The number of nitro benzene ring substituents is 3. The van der Waals surface area contributed by atoms with Crippen molar-refractivity contribution >= 4 is 17.1 Å². The second kappa shape index (κ2) is 23.9. The van der Waals surface area contributed by atoms with Crippen molar-refractivity contribution in [3.63, 3.8) is 0 Å². The summed E-state index contributed by atoms with van der Waals surface area (Å²) >= 11 is 0. The molecule has 0 radical (unpaired) electrons. The summed E-state index contributed by atoms with van der Waals surface area (Å²) in [6.45, 7) is 13.4. The average molecular weight is 844 g/mol. The molecular formula is C50H54FN3O8. The summed E-state index contributed by atoms with van der Waals surface area (Å²) in [5.41, 5.74) is 0.679. The van der Waals surface area contributed by atoms with E-state index in [4.69, 9.17) is 9.47 Å². The number of rotatable bonds is 19. The molecule has 62 heavy (non-hydrogen) atoms. The molecule has 4 aromatic carbocycles. The van der Waals surface area contributed by atoms with Crippen LogP contribution in [0.1, 0.15) is 126 Å². The predicted octanol–water partition coefficient (Wildman–Crippen LogP) is 12.2. The minimum Gasteiger partial charge on any atom is -0.491 e. The molecule has 0 aliphatic rings. The minimum absolute atomic E-state index is 0.0292. The van der Waals surface area contributed by atoms with Gasteiger partial charge >= 0.3 is 0 Å². The standard InChI is InChI=1S/C50H54FN3O8/c1-35(2)9-7-11-37(5)31-33-61-49-45(28-19-39-13-22-42(23-14-39)52(55)56)48(51)46(29-20-40-15-24-43(25-16-40)53(57)58)50(62-34-32-38(6)12-8-10-36(3)4)47(49)30-21-41-17-26-44(27-18-41)54(59)60/h13-18,22-27,35-38H,7-12,31-34H2,1-6H3/t37-,38-/m0/s1. The SMILES string of the molecule is CC(C)CCC[C@H](C)CCOc1c(C#Cc2ccc([N+](=O)[O-])cc2)c(F)c(C#Cc2ccc([N+](=O)[O-])cc2)c(OCC[C@@H](C)CCCC(C)C)c1C#Cc1ccc([N+](=O)[O-])cc1. The molecule has 0 N–H and O–H groups in total. The normalized spacial score (nSPS) is 11.6. The largest absolute Gasteiger partial charge is 0.491 e. The van der Waals surface area contributed by atoms with Crippen LogP contribution in [0.5, 0.6) is 11.5 Å². The number of benzene rings is 4. The maximum absolute atomic E-state index is 17.4. The quantitative estimate of drug-likeness (QED) is 0.0514. The third kappa shape index (κ3) is 15.1. The van der Waals surface area contributed by atoms with Crippen molar-refractivity contribution < 1.29 is 28.6 Å². The van der Waals surface area contributed by atoms with Crippen LogP contribution in [0, 0.1) is 95.4 Å². The zero-order valence-electron chi connectivity index (χ0n) is 36.3. The summed E-state index contributed by atoms with van der Waals surface area (Å²) < 4.78 is 30.4. The van der Waals surface area contributed by atoms with E-state index in [1.807, 2.05) is 0 Å². The molecular weight excluding hydrogens is 790 g/mol. The molecule has 4 rings (SSSR count). The third-order valence-corrected chi connectivity index (χ3v) is 10.2. The third-order valence-electron chi connectivity index (χ3n) is 10.2. The zero-order chi connectivity index (χ0) is 45.2. The van der Waals surface area contributed by atoms with Crippen molar-refractivity contribution in [2.45, 2.75) is 92.9 Å². The monoisotopic (exact) mass is 843 g/mol. The van der Waals surface area contributed by atoms with Gasteiger partial charge in [0.15, 0.2) is 17.3 Å². The Morgan fingerprint density at radius 1 is 0.468 bits per heavy atom. The first-order chi connectivity index (χ1) is 29.6. The lowest BCUT2D eigenvalue weighted by molar-refractivity contribution is -0.385. The molecule has 0 saturated heterocycles. The van der Waals surface area contributed by atoms with Gasteiger partial charge in [0, 0.05) is 53.1 Å². The fourth-order valence-electron chi connectivity index (χ4n) is 6.47. The van der Waals surface area contributed by atoms with Gasteiger partial charge in [-0.25, -0.2) is 4.39 Å². The van der Waals surface area contributed by atoms with Crippen LogP contribution in [0.25, 0.3) is 0 Å². The minimum atomic E-state index is -0.838. The molecule has 0 heterocycles. The average Bonchev–Trinajstić information content (AvgIpc) is 3.23. The molecule has 12 heteroatoms. The van der Waals surface area contributed by atoms with E-state index in [0.29, 0.717) is 53.2 Å². The molecule has 0 bridgehead atoms. The molecule has 0 amide bonds. The fourth-order valence-corrected chi connectivity index (χ4v) is 6.47. The van der Waals surface area contributed by atoms with Gasteiger partial charge < -0.3 is 9.47 Å². The molecule has 0 aliphatic carbocycles. The molecule has 11 nitrogen and oxygen atoms in total. The van der Waals surface area contributed by atoms with Crippen LogP contribution in [-0.4, -0.2) is 28.0 Å². The van der Waals surface area contributed by atoms with Crippen LogP contribution in [0.2, 0.25) is 0 Å². The van der Waals surface area contributed by atoms with E-state index in [-0.39, 0.29) is 58.5 Å². The van der Waals surface area contributed by atoms with Gasteiger partial charge in [-0.3, -0.25) is 30.3 Å². The summed E-state index contributed by atoms with van der Waals surface area (Å²) in [5.74, 6) is 18.9. The highest BCUT2D eigenvalue weighted by atomic mass is 19.1. The molecule has 0 spiro atoms. The number of halogens is 1. The van der Waals surface area contributed by atoms with Crippen LogP contribution in [0.3, 0.4) is 0 Å². The van der Waals surface area contributed by atoms with Gasteiger partial charge in [-0.2, -0.15) is 0 Å². The van der Waals surface area contributed by atoms with Crippen molar-refractivity contribution in [2.24, 2.45) is 23.7 Å². The Balaban J connectivity index is 1.96. The molecule has 0 aliphatic heterocycles. The Kier molecular flexibility index (Phi) is 18.5. The summed E-state index contributed by atoms with van der Waals surface area (Å²) in [6, 6.07) is 16.8. The van der Waals surface area contributed by atoms with Crippen LogP contribution in [0.15, 0.2) is 72.8 Å². The van der Waals surface area contributed by atoms with Crippen molar-refractivity contribution in [1.29, 1.82) is 0 Å². The number of hydrogen-bond acceptors (Lipinski definition) is 8. The molecule has 0 unspecified atom stereocenters. The topological polar surface area (TPSA) is 148 Å². The first-order valence-electron chi connectivity index (χ1n) is 21.1. The Morgan fingerprint density at radius 3 is 1.06 bits per heavy atom. The van der Waals surface area contributed by atoms with Gasteiger partial charge in [-0.05, 0) is 72.9 Å². The van der Waals surface area contributed by atoms with Crippen molar-refractivity contribution in [1.82, 2.24) is 0 Å². The molecule has 0 fully saturated rings. The predicted molar refractivity (Wildman–Crippen MR) is 240 cm³/mol. The lowest BCUT2D eigenvalue weighted by Crippen LogP contribution is -2.12. The van der Waals surface area contributed by atoms with Gasteiger partial charge in [0.05, 0.1) is 28.0 Å². The van der Waals surface area contributed by atoms with E-state index in [1.165, 1.54) is 72.8 Å². The van der Waals surface area contributed by atoms with Gasteiger partial charge in [-0.1, -0.05) is 116 Å². The van der Waals surface area contributed by atoms with Crippen LogP contribution < -0.4 is 9.47 Å². The summed E-state index contributed by atoms with van der Waals surface area (Å²) in [4.78, 5) is 32.5. The Labute approximate surface area is 363 Å². The van der Waals surface area contributed by atoms with Crippen molar-refractivity contribution in [3.05, 3.63) is 142 Å². The van der Waals surface area contributed by atoms with Crippen molar-refractivity contribution in [2.75, 3.05) is 13.2 Å². The van der Waals surface area contributed by atoms with Gasteiger partial charge in [-0.15, -0.1) is 0 Å². The zero-order valence-corrected chi connectivity index (χ0v) is 36.3. The van der Waals surface area contributed by atoms with Gasteiger partial charge in [0.2, 0.25) is 0 Å². The first kappa shape index (κ1) is 48.0. The second-order valence-corrected chi connectivity index (χ2v) is 16.4. The number of nitrogens with zero attached hydrogens (tertiary/aromatic N) is 3.